The number of hydrogen-bond acceptors (Lipinski definition) is 3. The molecule has 1 aromatic rings. The molecule has 0 saturated carbocycles. The van der Waals surface area contributed by atoms with Gasteiger partial charge in [0.15, 0.2) is 0 Å². The largest absolute Gasteiger partial charge is 0.502 e. The molecule has 0 atom stereocenters. The van der Waals surface area contributed by atoms with Crippen molar-refractivity contribution in [3.63, 3.8) is 0 Å². The maximum absolute atomic E-state index is 4.97. The first-order valence-corrected chi connectivity index (χ1v) is 4.35. The van der Waals surface area contributed by atoms with Gasteiger partial charge in [-0.1, -0.05) is 6.58 Å². The van der Waals surface area contributed by atoms with Crippen LogP contribution >= 0.6 is 0 Å². The number of aromatic amines is 1. The topological polar surface area (TPSA) is 49.9 Å². The molecule has 13 heavy (non-hydrogen) atoms. The minimum Gasteiger partial charge on any atom is -0.502 e. The van der Waals surface area contributed by atoms with Gasteiger partial charge in [-0.15, -0.1) is 0 Å². The molecule has 0 radical (unpaired) electrons. The van der Waals surface area contributed by atoms with Crippen LogP contribution in [0.15, 0.2) is 25.2 Å². The Morgan fingerprint density at radius 3 is 3.31 bits per heavy atom. The van der Waals surface area contributed by atoms with E-state index < -0.39 is 0 Å². The Bertz CT molecular complexity index is 221. The molecule has 0 saturated heterocycles. The maximum atomic E-state index is 4.97. The van der Waals surface area contributed by atoms with Gasteiger partial charge in [-0.2, -0.15) is 0 Å². The van der Waals surface area contributed by atoms with Crippen molar-refractivity contribution < 1.29 is 4.74 Å². The lowest BCUT2D eigenvalue weighted by Crippen LogP contribution is -2.16. The van der Waals surface area contributed by atoms with Crippen molar-refractivity contribution in [2.75, 3.05) is 13.2 Å². The number of nitrogens with zero attached hydrogens (tertiary/aromatic N) is 1. The summed E-state index contributed by atoms with van der Waals surface area (Å²) in [5.74, 6) is 0.963. The standard InChI is InChI=1S/C9H15N3O/c1-2-13-7-3-4-10-8-9-11-5-6-12-9/h2,5-6,10H,1,3-4,7-8H2,(H,11,12). The summed E-state index contributed by atoms with van der Waals surface area (Å²) in [7, 11) is 0. The quantitative estimate of drug-likeness (QED) is 0.488. The van der Waals surface area contributed by atoms with Gasteiger partial charge in [-0.25, -0.2) is 4.98 Å². The number of aromatic nitrogens is 2. The van der Waals surface area contributed by atoms with Crippen molar-refractivity contribution in [2.24, 2.45) is 0 Å². The molecular formula is C9H15N3O. The van der Waals surface area contributed by atoms with Crippen LogP contribution < -0.4 is 5.32 Å². The maximum Gasteiger partial charge on any atom is 0.120 e. The lowest BCUT2D eigenvalue weighted by Gasteiger charge is -2.02. The van der Waals surface area contributed by atoms with Crippen LogP contribution in [0.4, 0.5) is 0 Å². The molecule has 72 valence electrons. The van der Waals surface area contributed by atoms with E-state index in [0.29, 0.717) is 6.61 Å². The van der Waals surface area contributed by atoms with Crippen LogP contribution in [0.2, 0.25) is 0 Å². The third kappa shape index (κ3) is 4.32. The fraction of sp³-hybridized carbons (Fsp3) is 0.444. The van der Waals surface area contributed by atoms with Crippen LogP contribution in [0.25, 0.3) is 0 Å². The average molecular weight is 181 g/mol. The first kappa shape index (κ1) is 9.80. The molecule has 0 aromatic carbocycles. The lowest BCUT2D eigenvalue weighted by atomic mass is 10.4. The number of imidazole rings is 1. The summed E-state index contributed by atoms with van der Waals surface area (Å²) in [4.78, 5) is 7.10. The van der Waals surface area contributed by atoms with E-state index >= 15 is 0 Å². The van der Waals surface area contributed by atoms with Gasteiger partial charge in [-0.05, 0) is 13.0 Å². The number of nitrogens with one attached hydrogen (secondary N) is 2. The minimum absolute atomic E-state index is 0.717. The molecule has 0 bridgehead atoms. The SMILES string of the molecule is C=COCCCNCc1ncc[nH]1. The summed E-state index contributed by atoms with van der Waals surface area (Å²) in [6.07, 6.45) is 6.01. The summed E-state index contributed by atoms with van der Waals surface area (Å²) < 4.78 is 4.97. The fourth-order valence-electron chi connectivity index (χ4n) is 0.965. The van der Waals surface area contributed by atoms with E-state index in [1.165, 1.54) is 6.26 Å². The number of hydrogen-bond donors (Lipinski definition) is 2. The molecule has 0 unspecified atom stereocenters. The first-order chi connectivity index (χ1) is 6.43. The van der Waals surface area contributed by atoms with E-state index in [4.69, 9.17) is 4.74 Å². The third-order valence-corrected chi connectivity index (χ3v) is 1.58. The van der Waals surface area contributed by atoms with Crippen LogP contribution in [0.1, 0.15) is 12.2 Å². The van der Waals surface area contributed by atoms with E-state index in [1.807, 2.05) is 6.20 Å². The third-order valence-electron chi connectivity index (χ3n) is 1.58. The lowest BCUT2D eigenvalue weighted by molar-refractivity contribution is 0.244. The van der Waals surface area contributed by atoms with Gasteiger partial charge in [0.25, 0.3) is 0 Å². The second-order valence-electron chi connectivity index (χ2n) is 2.60. The monoisotopic (exact) mass is 181 g/mol. The smallest absolute Gasteiger partial charge is 0.120 e. The van der Waals surface area contributed by atoms with Crippen LogP contribution in [-0.4, -0.2) is 23.1 Å². The Morgan fingerprint density at radius 2 is 2.62 bits per heavy atom. The fourth-order valence-corrected chi connectivity index (χ4v) is 0.965. The van der Waals surface area contributed by atoms with Crippen molar-refractivity contribution in [1.29, 1.82) is 0 Å². The normalized spacial score (nSPS) is 9.85. The number of H-pyrrole nitrogens is 1. The van der Waals surface area contributed by atoms with Gasteiger partial charge in [0, 0.05) is 12.4 Å². The minimum atomic E-state index is 0.717. The molecule has 0 aliphatic rings. The molecule has 1 rings (SSSR count). The molecule has 1 heterocycles. The van der Waals surface area contributed by atoms with Crippen molar-refractivity contribution in [1.82, 2.24) is 15.3 Å². The van der Waals surface area contributed by atoms with Crippen LogP contribution in [0.5, 0.6) is 0 Å². The molecule has 0 fully saturated rings. The van der Waals surface area contributed by atoms with E-state index in [2.05, 4.69) is 21.9 Å². The molecule has 0 spiro atoms. The average Bonchev–Trinajstić information content (AvgIpc) is 2.63. The summed E-state index contributed by atoms with van der Waals surface area (Å²) in [5.41, 5.74) is 0. The van der Waals surface area contributed by atoms with Gasteiger partial charge in [0.05, 0.1) is 19.4 Å². The Labute approximate surface area is 78.0 Å². The Hall–Kier alpha value is -1.29. The van der Waals surface area contributed by atoms with Crippen molar-refractivity contribution in [3.05, 3.63) is 31.1 Å². The highest BCUT2D eigenvalue weighted by atomic mass is 16.5. The van der Waals surface area contributed by atoms with Crippen molar-refractivity contribution in [2.45, 2.75) is 13.0 Å². The van der Waals surface area contributed by atoms with Gasteiger partial charge in [-0.3, -0.25) is 0 Å². The Kier molecular flexibility index (Phi) is 4.71. The van der Waals surface area contributed by atoms with E-state index in [0.717, 1.165) is 25.3 Å². The predicted octanol–water partition coefficient (Wildman–Crippen LogP) is 1.05. The first-order valence-electron chi connectivity index (χ1n) is 4.35. The van der Waals surface area contributed by atoms with Crippen LogP contribution in [0.3, 0.4) is 0 Å². The Balaban J connectivity index is 1.93. The van der Waals surface area contributed by atoms with Gasteiger partial charge < -0.3 is 15.0 Å². The van der Waals surface area contributed by atoms with E-state index in [9.17, 15) is 0 Å². The molecule has 4 heteroatoms. The van der Waals surface area contributed by atoms with Crippen LogP contribution in [-0.2, 0) is 11.3 Å². The van der Waals surface area contributed by atoms with Gasteiger partial charge in [0.2, 0.25) is 0 Å². The zero-order valence-corrected chi connectivity index (χ0v) is 7.62. The van der Waals surface area contributed by atoms with E-state index in [1.54, 1.807) is 6.20 Å². The summed E-state index contributed by atoms with van der Waals surface area (Å²) in [6, 6.07) is 0. The molecule has 2 N–H and O–H groups in total. The van der Waals surface area contributed by atoms with Gasteiger partial charge in [0.1, 0.15) is 5.82 Å². The number of rotatable bonds is 7. The second kappa shape index (κ2) is 6.25. The molecular weight excluding hydrogens is 166 g/mol. The molecule has 0 aliphatic carbocycles. The summed E-state index contributed by atoms with van der Waals surface area (Å²) >= 11 is 0. The summed E-state index contributed by atoms with van der Waals surface area (Å²) in [6.45, 7) is 5.88. The van der Waals surface area contributed by atoms with Gasteiger partial charge >= 0.3 is 0 Å². The predicted molar refractivity (Wildman–Crippen MR) is 51.1 cm³/mol. The highest BCUT2D eigenvalue weighted by Gasteiger charge is 1.92. The van der Waals surface area contributed by atoms with Crippen LogP contribution in [0, 0.1) is 0 Å². The number of ether oxygens (including phenoxy) is 1. The Morgan fingerprint density at radius 1 is 1.69 bits per heavy atom. The highest BCUT2D eigenvalue weighted by molar-refractivity contribution is 4.85. The van der Waals surface area contributed by atoms with Crippen molar-refractivity contribution in [3.8, 4) is 0 Å². The zero-order chi connectivity index (χ0) is 9.36. The molecule has 1 aromatic heterocycles. The zero-order valence-electron chi connectivity index (χ0n) is 7.62. The summed E-state index contributed by atoms with van der Waals surface area (Å²) in [5, 5.41) is 3.24. The molecule has 0 aliphatic heterocycles. The highest BCUT2D eigenvalue weighted by Crippen LogP contribution is 1.87. The van der Waals surface area contributed by atoms with Crippen molar-refractivity contribution >= 4 is 0 Å². The van der Waals surface area contributed by atoms with E-state index in [-0.39, 0.29) is 0 Å². The molecule has 0 amide bonds. The molecule has 4 nitrogen and oxygen atoms in total. The second-order valence-corrected chi connectivity index (χ2v) is 2.60.